The Hall–Kier alpha value is -1.72. The van der Waals surface area contributed by atoms with Crippen LogP contribution in [0.25, 0.3) is 6.08 Å². The molecule has 0 radical (unpaired) electrons. The lowest BCUT2D eigenvalue weighted by molar-refractivity contribution is -0.131. The largest absolute Gasteiger partial charge is 0.478 e. The molecule has 0 fully saturated rings. The summed E-state index contributed by atoms with van der Waals surface area (Å²) in [4.78, 5) is 10.4. The molecule has 116 valence electrons. The summed E-state index contributed by atoms with van der Waals surface area (Å²) in [6, 6.07) is 4.33. The molecular formula is C16H21FO4. The molecule has 1 aromatic carbocycles. The molecule has 1 N–H and O–H groups in total. The van der Waals surface area contributed by atoms with Gasteiger partial charge in [-0.3, -0.25) is 0 Å². The molecule has 0 aliphatic rings. The van der Waals surface area contributed by atoms with E-state index in [2.05, 4.69) is 13.8 Å². The smallest absolute Gasteiger partial charge is 0.328 e. The van der Waals surface area contributed by atoms with Crippen molar-refractivity contribution in [1.29, 1.82) is 0 Å². The maximum absolute atomic E-state index is 13.4. The molecule has 0 bridgehead atoms. The van der Waals surface area contributed by atoms with Crippen LogP contribution in [0.4, 0.5) is 4.39 Å². The molecule has 0 aliphatic carbocycles. The van der Waals surface area contributed by atoms with Gasteiger partial charge in [0, 0.05) is 12.7 Å². The molecule has 0 saturated carbocycles. The number of hydrogen-bond donors (Lipinski definition) is 1. The average molecular weight is 296 g/mol. The molecule has 0 spiro atoms. The van der Waals surface area contributed by atoms with Crippen molar-refractivity contribution in [3.05, 3.63) is 41.2 Å². The molecule has 0 saturated heterocycles. The molecule has 0 aliphatic heterocycles. The summed E-state index contributed by atoms with van der Waals surface area (Å²) in [6.07, 6.45) is 2.32. The van der Waals surface area contributed by atoms with E-state index in [1.165, 1.54) is 18.2 Å². The van der Waals surface area contributed by atoms with Gasteiger partial charge in [-0.1, -0.05) is 13.8 Å². The molecule has 5 heteroatoms. The van der Waals surface area contributed by atoms with Crippen molar-refractivity contribution in [1.82, 2.24) is 0 Å². The second-order valence-electron chi connectivity index (χ2n) is 5.09. The van der Waals surface area contributed by atoms with Gasteiger partial charge in [0.05, 0.1) is 19.8 Å². The normalized spacial score (nSPS) is 11.4. The molecule has 0 atom stereocenters. The Kier molecular flexibility index (Phi) is 7.64. The highest BCUT2D eigenvalue weighted by molar-refractivity contribution is 5.85. The lowest BCUT2D eigenvalue weighted by Gasteiger charge is -2.08. The van der Waals surface area contributed by atoms with Crippen LogP contribution in [0.3, 0.4) is 0 Å². The number of hydrogen-bond acceptors (Lipinski definition) is 3. The zero-order valence-electron chi connectivity index (χ0n) is 12.3. The average Bonchev–Trinajstić information content (AvgIpc) is 2.39. The fourth-order valence-electron chi connectivity index (χ4n) is 1.65. The van der Waals surface area contributed by atoms with Gasteiger partial charge < -0.3 is 14.6 Å². The van der Waals surface area contributed by atoms with E-state index in [1.807, 2.05) is 0 Å². The van der Waals surface area contributed by atoms with Crippen molar-refractivity contribution in [2.75, 3.05) is 19.8 Å². The van der Waals surface area contributed by atoms with Crippen molar-refractivity contribution in [2.45, 2.75) is 20.5 Å². The number of carboxylic acid groups (broad SMARTS) is 1. The van der Waals surface area contributed by atoms with Gasteiger partial charge in [-0.25, -0.2) is 9.18 Å². The third kappa shape index (κ3) is 8.22. The molecule has 0 aromatic heterocycles. The van der Waals surface area contributed by atoms with Crippen molar-refractivity contribution in [2.24, 2.45) is 5.92 Å². The third-order valence-corrected chi connectivity index (χ3v) is 2.49. The van der Waals surface area contributed by atoms with Crippen LogP contribution in [-0.2, 0) is 20.9 Å². The number of carboxylic acids is 1. The van der Waals surface area contributed by atoms with E-state index in [-0.39, 0.29) is 6.61 Å². The lowest BCUT2D eigenvalue weighted by Crippen LogP contribution is -2.08. The first-order valence-corrected chi connectivity index (χ1v) is 6.83. The monoisotopic (exact) mass is 296 g/mol. The van der Waals surface area contributed by atoms with Crippen LogP contribution in [0.15, 0.2) is 24.3 Å². The SMILES string of the molecule is CC(C)COCCOCc1cc(F)cc(/C=C/C(=O)O)c1. The molecule has 1 rings (SSSR count). The Morgan fingerprint density at radius 1 is 1.29 bits per heavy atom. The van der Waals surface area contributed by atoms with E-state index in [4.69, 9.17) is 14.6 Å². The summed E-state index contributed by atoms with van der Waals surface area (Å²) < 4.78 is 24.2. The number of aliphatic carboxylic acids is 1. The first kappa shape index (κ1) is 17.3. The third-order valence-electron chi connectivity index (χ3n) is 2.49. The molecule has 0 amide bonds. The van der Waals surface area contributed by atoms with Crippen LogP contribution in [0.5, 0.6) is 0 Å². The standard InChI is InChI=1S/C16H21FO4/c1-12(2)10-20-5-6-21-11-14-7-13(3-4-16(18)19)8-15(17)9-14/h3-4,7-9,12H,5-6,10-11H2,1-2H3,(H,18,19)/b4-3+. The zero-order valence-corrected chi connectivity index (χ0v) is 12.3. The number of benzene rings is 1. The van der Waals surface area contributed by atoms with Crippen molar-refractivity contribution in [3.63, 3.8) is 0 Å². The van der Waals surface area contributed by atoms with Crippen LogP contribution in [0.2, 0.25) is 0 Å². The van der Waals surface area contributed by atoms with Crippen LogP contribution in [0, 0.1) is 11.7 Å². The topological polar surface area (TPSA) is 55.8 Å². The summed E-state index contributed by atoms with van der Waals surface area (Å²) >= 11 is 0. The minimum absolute atomic E-state index is 0.261. The van der Waals surface area contributed by atoms with Gasteiger partial charge >= 0.3 is 5.97 Å². The van der Waals surface area contributed by atoms with E-state index < -0.39 is 11.8 Å². The van der Waals surface area contributed by atoms with Gasteiger partial charge in [0.25, 0.3) is 0 Å². The highest BCUT2D eigenvalue weighted by Crippen LogP contribution is 2.12. The van der Waals surface area contributed by atoms with Crippen LogP contribution in [0.1, 0.15) is 25.0 Å². The first-order chi connectivity index (χ1) is 9.97. The predicted molar refractivity (Wildman–Crippen MR) is 78.4 cm³/mol. The van der Waals surface area contributed by atoms with Gasteiger partial charge in [0.15, 0.2) is 0 Å². The van der Waals surface area contributed by atoms with E-state index in [0.717, 1.165) is 6.08 Å². The minimum Gasteiger partial charge on any atom is -0.478 e. The van der Waals surface area contributed by atoms with Crippen LogP contribution < -0.4 is 0 Å². The maximum atomic E-state index is 13.4. The molecule has 0 heterocycles. The minimum atomic E-state index is -1.07. The first-order valence-electron chi connectivity index (χ1n) is 6.83. The Morgan fingerprint density at radius 2 is 2.00 bits per heavy atom. The number of halogens is 1. The molecule has 21 heavy (non-hydrogen) atoms. The maximum Gasteiger partial charge on any atom is 0.328 e. The van der Waals surface area contributed by atoms with E-state index in [9.17, 15) is 9.18 Å². The summed E-state index contributed by atoms with van der Waals surface area (Å²) in [5, 5.41) is 8.56. The second-order valence-corrected chi connectivity index (χ2v) is 5.09. The molecule has 1 aromatic rings. The number of rotatable bonds is 9. The lowest BCUT2D eigenvalue weighted by atomic mass is 10.1. The van der Waals surface area contributed by atoms with Crippen molar-refractivity contribution >= 4 is 12.0 Å². The Labute approximate surface area is 124 Å². The van der Waals surface area contributed by atoms with Crippen molar-refractivity contribution < 1.29 is 23.8 Å². The molecule has 0 unspecified atom stereocenters. The van der Waals surface area contributed by atoms with Gasteiger partial charge in [-0.2, -0.15) is 0 Å². The zero-order chi connectivity index (χ0) is 15.7. The Bertz CT molecular complexity index is 483. The highest BCUT2D eigenvalue weighted by Gasteiger charge is 2.01. The predicted octanol–water partition coefficient (Wildman–Crippen LogP) is 3.11. The summed E-state index contributed by atoms with van der Waals surface area (Å²) in [5.74, 6) is -1.01. The van der Waals surface area contributed by atoms with Crippen molar-refractivity contribution in [3.8, 4) is 0 Å². The molecular weight excluding hydrogens is 275 g/mol. The second kappa shape index (κ2) is 9.26. The van der Waals surface area contributed by atoms with E-state index in [1.54, 1.807) is 6.07 Å². The molecule has 4 nitrogen and oxygen atoms in total. The van der Waals surface area contributed by atoms with E-state index in [0.29, 0.717) is 36.9 Å². The van der Waals surface area contributed by atoms with Gasteiger partial charge in [-0.05, 0) is 41.3 Å². The quantitative estimate of drug-likeness (QED) is 0.562. The fourth-order valence-corrected chi connectivity index (χ4v) is 1.65. The van der Waals surface area contributed by atoms with Crippen LogP contribution >= 0.6 is 0 Å². The van der Waals surface area contributed by atoms with Crippen LogP contribution in [-0.4, -0.2) is 30.9 Å². The summed E-state index contributed by atoms with van der Waals surface area (Å²) in [7, 11) is 0. The number of ether oxygens (including phenoxy) is 2. The van der Waals surface area contributed by atoms with E-state index >= 15 is 0 Å². The van der Waals surface area contributed by atoms with Gasteiger partial charge in [0.1, 0.15) is 5.82 Å². The Balaban J connectivity index is 2.42. The number of carbonyl (C=O) groups is 1. The fraction of sp³-hybridized carbons (Fsp3) is 0.438. The Morgan fingerprint density at radius 3 is 2.67 bits per heavy atom. The van der Waals surface area contributed by atoms with Gasteiger partial charge in [-0.15, -0.1) is 0 Å². The van der Waals surface area contributed by atoms with Gasteiger partial charge in [0.2, 0.25) is 0 Å². The summed E-state index contributed by atoms with van der Waals surface area (Å²) in [6.45, 7) is 6.02. The summed E-state index contributed by atoms with van der Waals surface area (Å²) in [5.41, 5.74) is 1.15. The highest BCUT2D eigenvalue weighted by atomic mass is 19.1.